The van der Waals surface area contributed by atoms with Crippen LogP contribution >= 0.6 is 0 Å². The molecule has 0 unspecified atom stereocenters. The van der Waals surface area contributed by atoms with Crippen molar-refractivity contribution in [1.29, 1.82) is 0 Å². The van der Waals surface area contributed by atoms with Gasteiger partial charge in [0.15, 0.2) is 34.7 Å². The van der Waals surface area contributed by atoms with E-state index in [2.05, 4.69) is 0 Å². The van der Waals surface area contributed by atoms with Gasteiger partial charge in [0.25, 0.3) is 0 Å². The zero-order valence-corrected chi connectivity index (χ0v) is 8.06. The Morgan fingerprint density at radius 2 is 1.00 bits per heavy atom. The first-order valence-corrected chi connectivity index (χ1v) is 2.10. The molecule has 6 nitrogen and oxygen atoms in total. The number of rotatable bonds is 0. The number of hydrogen-bond donors (Lipinski definition) is 2. The third-order valence-corrected chi connectivity index (χ3v) is 0. The zero-order chi connectivity index (χ0) is 4.50. The van der Waals surface area contributed by atoms with Gasteiger partial charge < -0.3 is 12.4 Å². The summed E-state index contributed by atoms with van der Waals surface area (Å²) < 4.78 is 31.6. The SMILES string of the molecule is O.O.O=S(=O)(O)O.[AlH3].[AlH3].[H-].[K+]. The van der Waals surface area contributed by atoms with Crippen LogP contribution in [0.1, 0.15) is 1.43 Å². The molecule has 0 rings (SSSR count). The summed E-state index contributed by atoms with van der Waals surface area (Å²) in [5.41, 5.74) is 0. The minimum atomic E-state index is -4.67. The Bertz CT molecular complexity index is 104. The summed E-state index contributed by atoms with van der Waals surface area (Å²) in [5.74, 6) is 0. The van der Waals surface area contributed by atoms with Gasteiger partial charge in [0.1, 0.15) is 0 Å². The van der Waals surface area contributed by atoms with Crippen molar-refractivity contribution in [2.75, 3.05) is 0 Å². The van der Waals surface area contributed by atoms with Gasteiger partial charge in [-0.15, -0.1) is 0 Å². The Morgan fingerprint density at radius 3 is 1.00 bits per heavy atom. The summed E-state index contributed by atoms with van der Waals surface area (Å²) in [6, 6.07) is 0. The first-order chi connectivity index (χ1) is 2.00. The molecule has 0 aromatic heterocycles. The van der Waals surface area contributed by atoms with Gasteiger partial charge in [-0.25, -0.2) is 0 Å². The van der Waals surface area contributed by atoms with Crippen LogP contribution in [0.3, 0.4) is 0 Å². The molecule has 0 spiro atoms. The van der Waals surface area contributed by atoms with Crippen LogP contribution in [0.4, 0.5) is 0 Å². The van der Waals surface area contributed by atoms with Crippen molar-refractivity contribution >= 4 is 45.1 Å². The van der Waals surface area contributed by atoms with Crippen LogP contribution in [-0.2, 0) is 10.4 Å². The minimum Gasteiger partial charge on any atom is -1.00 e. The van der Waals surface area contributed by atoms with E-state index in [0.717, 1.165) is 0 Å². The third-order valence-electron chi connectivity index (χ3n) is 0. The van der Waals surface area contributed by atoms with Gasteiger partial charge >= 0.3 is 61.8 Å². The van der Waals surface area contributed by atoms with E-state index < -0.39 is 10.4 Å². The van der Waals surface area contributed by atoms with Gasteiger partial charge in [0, 0.05) is 0 Å². The van der Waals surface area contributed by atoms with Crippen molar-refractivity contribution in [3.05, 3.63) is 0 Å². The van der Waals surface area contributed by atoms with Crippen molar-refractivity contribution in [2.45, 2.75) is 0 Å². The molecular formula is H13Al2KO6S. The van der Waals surface area contributed by atoms with Crippen LogP contribution in [-0.4, -0.2) is 63.2 Å². The summed E-state index contributed by atoms with van der Waals surface area (Å²) >= 11 is 0. The molecule has 0 bridgehead atoms. The van der Waals surface area contributed by atoms with E-state index >= 15 is 0 Å². The van der Waals surface area contributed by atoms with Crippen molar-refractivity contribution in [2.24, 2.45) is 0 Å². The van der Waals surface area contributed by atoms with Crippen molar-refractivity contribution in [3.63, 3.8) is 0 Å². The summed E-state index contributed by atoms with van der Waals surface area (Å²) in [6.45, 7) is 0. The first-order valence-electron chi connectivity index (χ1n) is 0.698. The summed E-state index contributed by atoms with van der Waals surface area (Å²) in [6.07, 6.45) is 0. The second kappa shape index (κ2) is 17.5. The number of hydrogen-bond acceptors (Lipinski definition) is 2. The molecule has 0 saturated carbocycles. The molecule has 0 radical (unpaired) electrons. The van der Waals surface area contributed by atoms with E-state index in [1.54, 1.807) is 0 Å². The second-order valence-corrected chi connectivity index (χ2v) is 1.34. The molecule has 62 valence electrons. The van der Waals surface area contributed by atoms with Gasteiger partial charge in [-0.2, -0.15) is 8.42 Å². The summed E-state index contributed by atoms with van der Waals surface area (Å²) in [4.78, 5) is 0. The van der Waals surface area contributed by atoms with Crippen LogP contribution in [0.2, 0.25) is 0 Å². The van der Waals surface area contributed by atoms with Crippen LogP contribution in [0.25, 0.3) is 0 Å². The molecule has 0 fully saturated rings. The predicted octanol–water partition coefficient (Wildman–Crippen LogP) is -7.55. The average molecular weight is 234 g/mol. The molecule has 0 aliphatic rings. The van der Waals surface area contributed by atoms with Gasteiger partial charge in [0.2, 0.25) is 0 Å². The summed E-state index contributed by atoms with van der Waals surface area (Å²) in [5, 5.41) is 0. The summed E-state index contributed by atoms with van der Waals surface area (Å²) in [7, 11) is -4.67. The standard InChI is InChI=1S/2Al.K.H2O4S.2H2O.7H/c;;;1-5(2,3)4;;;;;;;;;/h;;;(H2,1,2,3,4);2*1H2;;;;;;;/q;;+1;;;;;;;;;;-1. The van der Waals surface area contributed by atoms with Crippen molar-refractivity contribution in [3.8, 4) is 0 Å². The van der Waals surface area contributed by atoms with Gasteiger partial charge in [0.05, 0.1) is 0 Å². The average Bonchev–Trinajstić information content (AvgIpc) is 0.722. The molecule has 0 heterocycles. The third kappa shape index (κ3) is 152. The fourth-order valence-corrected chi connectivity index (χ4v) is 0. The van der Waals surface area contributed by atoms with Crippen molar-refractivity contribution < 1.29 is 81.3 Å². The molecular weight excluding hydrogens is 221 g/mol. The predicted molar refractivity (Wildman–Crippen MR) is 42.4 cm³/mol. The minimum absolute atomic E-state index is 0. The zero-order valence-electron chi connectivity index (χ0n) is 5.12. The van der Waals surface area contributed by atoms with Crippen LogP contribution in [0.5, 0.6) is 0 Å². The Morgan fingerprint density at radius 1 is 1.00 bits per heavy atom. The van der Waals surface area contributed by atoms with Crippen LogP contribution in [0.15, 0.2) is 0 Å². The van der Waals surface area contributed by atoms with Gasteiger partial charge in [-0.3, -0.25) is 9.11 Å². The first kappa shape index (κ1) is 39.1. The molecule has 10 heteroatoms. The molecule has 0 amide bonds. The van der Waals surface area contributed by atoms with Gasteiger partial charge in [-0.1, -0.05) is 0 Å². The maximum atomic E-state index is 8.74. The Labute approximate surface area is 124 Å². The Kier molecular flexibility index (Phi) is 68.7. The van der Waals surface area contributed by atoms with E-state index in [1.807, 2.05) is 0 Å². The monoisotopic (exact) mass is 234 g/mol. The largest absolute Gasteiger partial charge is 1.00 e. The molecule has 0 aliphatic carbocycles. The maximum absolute atomic E-state index is 8.74. The Balaban J connectivity index is -0.00000000533. The molecule has 0 saturated heterocycles. The molecule has 0 aromatic carbocycles. The molecule has 10 heavy (non-hydrogen) atoms. The molecule has 0 aliphatic heterocycles. The van der Waals surface area contributed by atoms with Crippen molar-refractivity contribution in [1.82, 2.24) is 0 Å². The van der Waals surface area contributed by atoms with Crippen LogP contribution < -0.4 is 51.4 Å². The maximum Gasteiger partial charge on any atom is 1.00 e. The van der Waals surface area contributed by atoms with E-state index in [-0.39, 0.29) is 98.5 Å². The van der Waals surface area contributed by atoms with E-state index in [4.69, 9.17) is 17.5 Å². The fraction of sp³-hybridized carbons (Fsp3) is 0. The molecule has 0 atom stereocenters. The normalized spacial score (nSPS) is 5.80. The van der Waals surface area contributed by atoms with Gasteiger partial charge in [-0.05, 0) is 0 Å². The smallest absolute Gasteiger partial charge is 1.00 e. The van der Waals surface area contributed by atoms with Crippen LogP contribution in [0, 0.1) is 0 Å². The molecule has 0 aromatic rings. The quantitative estimate of drug-likeness (QED) is 0.317. The van der Waals surface area contributed by atoms with E-state index in [9.17, 15) is 0 Å². The van der Waals surface area contributed by atoms with E-state index in [0.29, 0.717) is 0 Å². The second-order valence-electron chi connectivity index (χ2n) is 0.448. The molecule has 6 N–H and O–H groups in total. The topological polar surface area (TPSA) is 138 Å². The Hall–Kier alpha value is 2.49. The fourth-order valence-electron chi connectivity index (χ4n) is 0. The van der Waals surface area contributed by atoms with E-state index in [1.165, 1.54) is 0 Å².